The minimum absolute atomic E-state index is 0.254. The Morgan fingerprint density at radius 2 is 1.62 bits per heavy atom. The van der Waals surface area contributed by atoms with Gasteiger partial charge in [-0.2, -0.15) is 0 Å². The molecule has 0 atom stereocenters. The summed E-state index contributed by atoms with van der Waals surface area (Å²) in [6, 6.07) is 8.61. The van der Waals surface area contributed by atoms with Gasteiger partial charge >= 0.3 is 0 Å². The van der Waals surface area contributed by atoms with Crippen molar-refractivity contribution in [3.05, 3.63) is 35.7 Å². The second-order valence-electron chi connectivity index (χ2n) is 2.72. The van der Waals surface area contributed by atoms with E-state index in [0.717, 1.165) is 10.4 Å². The summed E-state index contributed by atoms with van der Waals surface area (Å²) in [6.45, 7) is 0. The number of hydrogen-bond donors (Lipinski definition) is 2. The topological polar surface area (TPSA) is 40.5 Å². The molecule has 0 aliphatic heterocycles. The van der Waals surface area contributed by atoms with E-state index in [2.05, 4.69) is 0 Å². The van der Waals surface area contributed by atoms with E-state index in [1.54, 1.807) is 23.6 Å². The first kappa shape index (κ1) is 8.13. The van der Waals surface area contributed by atoms with Crippen LogP contribution in [0.25, 0.3) is 10.4 Å². The van der Waals surface area contributed by atoms with Gasteiger partial charge in [0.15, 0.2) is 0 Å². The molecule has 66 valence electrons. The van der Waals surface area contributed by atoms with Crippen molar-refractivity contribution < 1.29 is 10.2 Å². The molecule has 13 heavy (non-hydrogen) atoms. The molecule has 0 saturated heterocycles. The van der Waals surface area contributed by atoms with Crippen molar-refractivity contribution in [2.45, 2.75) is 0 Å². The fourth-order valence-electron chi connectivity index (χ4n) is 1.10. The highest BCUT2D eigenvalue weighted by Gasteiger charge is 2.00. The summed E-state index contributed by atoms with van der Waals surface area (Å²) in [6.07, 6.45) is 0. The summed E-state index contributed by atoms with van der Waals surface area (Å²) in [5, 5.41) is 19.9. The lowest BCUT2D eigenvalue weighted by molar-refractivity contribution is 0.475. The number of phenols is 1. The molecule has 1 aromatic heterocycles. The van der Waals surface area contributed by atoms with Crippen LogP contribution in [0.15, 0.2) is 35.7 Å². The van der Waals surface area contributed by atoms with Crippen molar-refractivity contribution in [1.82, 2.24) is 0 Å². The molecule has 2 aromatic rings. The van der Waals surface area contributed by atoms with Crippen LogP contribution < -0.4 is 0 Å². The summed E-state index contributed by atoms with van der Waals surface area (Å²) in [4.78, 5) is 0.998. The maximum Gasteiger partial charge on any atom is 0.126 e. The second-order valence-corrected chi connectivity index (χ2v) is 3.63. The molecule has 0 aliphatic carbocycles. The highest BCUT2D eigenvalue weighted by atomic mass is 32.1. The zero-order valence-corrected chi connectivity index (χ0v) is 7.58. The third kappa shape index (κ3) is 1.65. The molecule has 1 aromatic carbocycles. The monoisotopic (exact) mass is 192 g/mol. The van der Waals surface area contributed by atoms with Gasteiger partial charge in [0.25, 0.3) is 0 Å². The molecule has 1 heterocycles. The fraction of sp³-hybridized carbons (Fsp3) is 0. The first-order valence-electron chi connectivity index (χ1n) is 3.82. The molecule has 2 N–H and O–H groups in total. The Bertz CT molecular complexity index is 403. The van der Waals surface area contributed by atoms with Gasteiger partial charge in [-0.25, -0.2) is 0 Å². The van der Waals surface area contributed by atoms with Gasteiger partial charge in [-0.05, 0) is 35.9 Å². The van der Waals surface area contributed by atoms with Crippen molar-refractivity contribution in [2.75, 3.05) is 0 Å². The number of thiophene rings is 1. The van der Waals surface area contributed by atoms with Crippen LogP contribution >= 0.6 is 11.3 Å². The zero-order valence-electron chi connectivity index (χ0n) is 6.77. The lowest BCUT2D eigenvalue weighted by Crippen LogP contribution is -1.69. The standard InChI is InChI=1S/C10H8O2S/c11-8-3-1-7(2-4-8)10-5-9(12)6-13-10/h1-6,11-12H. The molecule has 0 unspecified atom stereocenters. The molecule has 0 bridgehead atoms. The molecule has 0 fully saturated rings. The summed E-state index contributed by atoms with van der Waals surface area (Å²) in [7, 11) is 0. The van der Waals surface area contributed by atoms with E-state index in [-0.39, 0.29) is 11.5 Å². The number of hydrogen-bond acceptors (Lipinski definition) is 3. The van der Waals surface area contributed by atoms with E-state index >= 15 is 0 Å². The Kier molecular flexibility index (Phi) is 1.94. The Morgan fingerprint density at radius 3 is 2.15 bits per heavy atom. The van der Waals surface area contributed by atoms with Gasteiger partial charge in [0.1, 0.15) is 11.5 Å². The molecule has 0 spiro atoms. The average molecular weight is 192 g/mol. The summed E-state index contributed by atoms with van der Waals surface area (Å²) >= 11 is 1.48. The molecule has 2 rings (SSSR count). The highest BCUT2D eigenvalue weighted by molar-refractivity contribution is 7.13. The predicted octanol–water partition coefficient (Wildman–Crippen LogP) is 2.83. The van der Waals surface area contributed by atoms with Crippen molar-refractivity contribution in [2.24, 2.45) is 0 Å². The van der Waals surface area contributed by atoms with E-state index in [4.69, 9.17) is 10.2 Å². The van der Waals surface area contributed by atoms with Gasteiger partial charge in [-0.1, -0.05) is 0 Å². The van der Waals surface area contributed by atoms with Gasteiger partial charge in [-0.3, -0.25) is 0 Å². The molecule has 0 aliphatic rings. The first-order chi connectivity index (χ1) is 6.25. The van der Waals surface area contributed by atoms with E-state index in [1.807, 2.05) is 12.1 Å². The summed E-state index contributed by atoms with van der Waals surface area (Å²) in [5.41, 5.74) is 1.00. The minimum Gasteiger partial charge on any atom is -0.508 e. The van der Waals surface area contributed by atoms with Gasteiger partial charge in [0, 0.05) is 10.3 Å². The zero-order chi connectivity index (χ0) is 9.26. The Hall–Kier alpha value is -1.48. The Labute approximate surface area is 79.7 Å². The second kappa shape index (κ2) is 3.11. The molecular weight excluding hydrogens is 184 g/mol. The number of benzene rings is 1. The van der Waals surface area contributed by atoms with E-state index in [0.29, 0.717) is 0 Å². The van der Waals surface area contributed by atoms with Crippen LogP contribution in [0.3, 0.4) is 0 Å². The van der Waals surface area contributed by atoms with Crippen molar-refractivity contribution in [1.29, 1.82) is 0 Å². The maximum atomic E-state index is 9.13. The van der Waals surface area contributed by atoms with Gasteiger partial charge in [-0.15, -0.1) is 11.3 Å². The average Bonchev–Trinajstić information content (AvgIpc) is 2.53. The van der Waals surface area contributed by atoms with Gasteiger partial charge < -0.3 is 10.2 Å². The Morgan fingerprint density at radius 1 is 0.923 bits per heavy atom. The SMILES string of the molecule is Oc1ccc(-c2cc(O)cs2)cc1. The number of aromatic hydroxyl groups is 2. The Balaban J connectivity index is 2.41. The van der Waals surface area contributed by atoms with Gasteiger partial charge in [0.2, 0.25) is 0 Å². The van der Waals surface area contributed by atoms with Crippen LogP contribution in [0.2, 0.25) is 0 Å². The molecule has 3 heteroatoms. The van der Waals surface area contributed by atoms with Crippen LogP contribution in [0, 0.1) is 0 Å². The fourth-order valence-corrected chi connectivity index (χ4v) is 1.88. The van der Waals surface area contributed by atoms with Crippen LogP contribution in [0.4, 0.5) is 0 Å². The third-order valence-electron chi connectivity index (χ3n) is 1.74. The van der Waals surface area contributed by atoms with Crippen LogP contribution in [0.5, 0.6) is 11.5 Å². The van der Waals surface area contributed by atoms with Crippen molar-refractivity contribution in [3.63, 3.8) is 0 Å². The van der Waals surface area contributed by atoms with E-state index < -0.39 is 0 Å². The normalized spacial score (nSPS) is 10.2. The predicted molar refractivity (Wildman–Crippen MR) is 53.1 cm³/mol. The van der Waals surface area contributed by atoms with Crippen molar-refractivity contribution >= 4 is 11.3 Å². The smallest absolute Gasteiger partial charge is 0.126 e. The summed E-state index contributed by atoms with van der Waals surface area (Å²) in [5.74, 6) is 0.539. The van der Waals surface area contributed by atoms with E-state index in [9.17, 15) is 0 Å². The maximum absolute atomic E-state index is 9.13. The lowest BCUT2D eigenvalue weighted by Gasteiger charge is -1.96. The van der Waals surface area contributed by atoms with Crippen LogP contribution in [-0.4, -0.2) is 10.2 Å². The molecule has 0 saturated carbocycles. The third-order valence-corrected chi connectivity index (χ3v) is 2.70. The largest absolute Gasteiger partial charge is 0.508 e. The first-order valence-corrected chi connectivity index (χ1v) is 4.70. The molecule has 0 radical (unpaired) electrons. The van der Waals surface area contributed by atoms with Gasteiger partial charge in [0.05, 0.1) is 0 Å². The number of rotatable bonds is 1. The number of phenolic OH excluding ortho intramolecular Hbond substituents is 1. The minimum atomic E-state index is 0.254. The van der Waals surface area contributed by atoms with E-state index in [1.165, 1.54) is 11.3 Å². The lowest BCUT2D eigenvalue weighted by atomic mass is 10.2. The molecular formula is C10H8O2S. The van der Waals surface area contributed by atoms with Crippen molar-refractivity contribution in [3.8, 4) is 21.9 Å². The quantitative estimate of drug-likeness (QED) is 0.729. The molecule has 2 nitrogen and oxygen atoms in total. The van der Waals surface area contributed by atoms with Crippen LogP contribution in [-0.2, 0) is 0 Å². The summed E-state index contributed by atoms with van der Waals surface area (Å²) < 4.78 is 0. The molecule has 0 amide bonds. The van der Waals surface area contributed by atoms with Crippen LogP contribution in [0.1, 0.15) is 0 Å². The highest BCUT2D eigenvalue weighted by Crippen LogP contribution is 2.30.